The molecule has 0 spiro atoms. The Morgan fingerprint density at radius 3 is 1.93 bits per heavy atom. The first-order valence-corrected chi connectivity index (χ1v) is 16.0. The van der Waals surface area contributed by atoms with E-state index in [0.717, 1.165) is 0 Å². The summed E-state index contributed by atoms with van der Waals surface area (Å²) < 4.78 is 2.69. The third kappa shape index (κ3) is 4.03. The highest BCUT2D eigenvalue weighted by Gasteiger charge is 2.56. The van der Waals surface area contributed by atoms with E-state index in [1.165, 1.54) is 69.9 Å². The maximum absolute atomic E-state index is 3.89. The van der Waals surface area contributed by atoms with Crippen molar-refractivity contribution in [1.29, 1.82) is 0 Å². The molecule has 9 rings (SSSR count). The highest BCUT2D eigenvalue weighted by molar-refractivity contribution is 7.26. The fourth-order valence-electron chi connectivity index (χ4n) is 7.05. The Bertz CT molecular complexity index is 2320. The van der Waals surface area contributed by atoms with Gasteiger partial charge in [0.2, 0.25) is 0 Å². The number of rotatable bonds is 5. The summed E-state index contributed by atoms with van der Waals surface area (Å²) in [6, 6.07) is 60.2. The third-order valence-corrected chi connectivity index (χ3v) is 10.5. The van der Waals surface area contributed by atoms with Crippen LogP contribution in [0.5, 0.6) is 0 Å². The standard InChI is InChI=1S/C42H29NS/c1-3-12-28(13-4-1)41-42(43-41,34-19-5-2-6-20-34)35-21-10-17-30(25-35)29-16-9-18-33(24-29)36-22-11-23-37-38-26-31-14-7-8-15-32(31)27-39(38)44-40(36)37/h1-27,41,43H. The first-order valence-electron chi connectivity index (χ1n) is 15.2. The lowest BCUT2D eigenvalue weighted by Crippen LogP contribution is -2.15. The van der Waals surface area contributed by atoms with Crippen LogP contribution in [0.15, 0.2) is 164 Å². The molecule has 2 unspecified atom stereocenters. The molecule has 1 N–H and O–H groups in total. The molecule has 208 valence electrons. The van der Waals surface area contributed by atoms with Crippen LogP contribution in [0.3, 0.4) is 0 Å². The first-order chi connectivity index (χ1) is 21.8. The largest absolute Gasteiger partial charge is 0.293 e. The second kappa shape index (κ2) is 10.0. The summed E-state index contributed by atoms with van der Waals surface area (Å²) in [5.74, 6) is 0. The number of thiophene rings is 1. The highest BCUT2D eigenvalue weighted by atomic mass is 32.1. The second-order valence-corrected chi connectivity index (χ2v) is 12.9. The van der Waals surface area contributed by atoms with E-state index in [9.17, 15) is 0 Å². The number of fused-ring (bicyclic) bond motifs is 4. The molecule has 1 aliphatic heterocycles. The van der Waals surface area contributed by atoms with E-state index in [-0.39, 0.29) is 11.6 Å². The third-order valence-electron chi connectivity index (χ3n) is 9.27. The van der Waals surface area contributed by atoms with Gasteiger partial charge in [-0.05, 0) is 74.0 Å². The van der Waals surface area contributed by atoms with Crippen molar-refractivity contribution in [2.75, 3.05) is 0 Å². The zero-order valence-corrected chi connectivity index (χ0v) is 24.9. The molecule has 0 bridgehead atoms. The molecule has 1 aliphatic rings. The van der Waals surface area contributed by atoms with Gasteiger partial charge < -0.3 is 0 Å². The van der Waals surface area contributed by atoms with Crippen molar-refractivity contribution in [3.05, 3.63) is 180 Å². The molecule has 1 aromatic heterocycles. The lowest BCUT2D eigenvalue weighted by atomic mass is 9.84. The Morgan fingerprint density at radius 2 is 1.11 bits per heavy atom. The van der Waals surface area contributed by atoms with Gasteiger partial charge in [0.1, 0.15) is 0 Å². The summed E-state index contributed by atoms with van der Waals surface area (Å²) in [4.78, 5) is 0. The Labute approximate surface area is 261 Å². The summed E-state index contributed by atoms with van der Waals surface area (Å²) in [6.45, 7) is 0. The summed E-state index contributed by atoms with van der Waals surface area (Å²) in [5.41, 5.74) is 8.65. The van der Waals surface area contributed by atoms with Crippen LogP contribution in [0, 0.1) is 0 Å². The van der Waals surface area contributed by atoms with E-state index in [0.29, 0.717) is 0 Å². The normalized spacial score (nSPS) is 17.8. The fraction of sp³-hybridized carbons (Fsp3) is 0.0476. The van der Waals surface area contributed by atoms with Crippen molar-refractivity contribution in [2.24, 2.45) is 0 Å². The maximum Gasteiger partial charge on any atom is 0.0894 e. The number of nitrogens with one attached hydrogen (secondary N) is 1. The molecule has 1 saturated heterocycles. The Hall–Kier alpha value is -5.02. The van der Waals surface area contributed by atoms with Crippen LogP contribution in [0.1, 0.15) is 22.7 Å². The summed E-state index contributed by atoms with van der Waals surface area (Å²) in [6.07, 6.45) is 0. The zero-order valence-electron chi connectivity index (χ0n) is 24.1. The van der Waals surface area contributed by atoms with Gasteiger partial charge in [-0.25, -0.2) is 0 Å². The van der Waals surface area contributed by atoms with Gasteiger partial charge in [0.15, 0.2) is 0 Å². The van der Waals surface area contributed by atoms with Gasteiger partial charge in [0.25, 0.3) is 0 Å². The molecular weight excluding hydrogens is 551 g/mol. The number of hydrogen-bond acceptors (Lipinski definition) is 2. The monoisotopic (exact) mass is 579 g/mol. The molecule has 2 atom stereocenters. The molecule has 0 saturated carbocycles. The number of benzene rings is 7. The summed E-state index contributed by atoms with van der Waals surface area (Å²) >= 11 is 1.90. The van der Waals surface area contributed by atoms with Crippen LogP contribution in [0.2, 0.25) is 0 Å². The minimum atomic E-state index is -0.248. The van der Waals surface area contributed by atoms with Crippen LogP contribution in [0.25, 0.3) is 53.2 Å². The average Bonchev–Trinajstić information content (AvgIpc) is 3.76. The molecule has 0 aliphatic carbocycles. The van der Waals surface area contributed by atoms with Crippen LogP contribution < -0.4 is 5.32 Å². The smallest absolute Gasteiger partial charge is 0.0894 e. The average molecular weight is 580 g/mol. The van der Waals surface area contributed by atoms with Gasteiger partial charge in [0, 0.05) is 20.2 Å². The van der Waals surface area contributed by atoms with Crippen molar-refractivity contribution in [2.45, 2.75) is 11.6 Å². The molecule has 1 nitrogen and oxygen atoms in total. The molecule has 44 heavy (non-hydrogen) atoms. The van der Waals surface area contributed by atoms with Crippen molar-refractivity contribution in [3.8, 4) is 22.3 Å². The zero-order chi connectivity index (χ0) is 29.1. The molecule has 0 amide bonds. The minimum absolute atomic E-state index is 0.231. The van der Waals surface area contributed by atoms with Gasteiger partial charge in [-0.15, -0.1) is 11.3 Å². The SMILES string of the molecule is c1ccc(C2NC2(c2ccccc2)c2cccc(-c3cccc(-c4cccc5c4sc4cc6ccccc6cc45)c3)c2)cc1. The van der Waals surface area contributed by atoms with Crippen LogP contribution >= 0.6 is 11.3 Å². The lowest BCUT2D eigenvalue weighted by Gasteiger charge is -2.18. The molecular formula is C42H29NS. The minimum Gasteiger partial charge on any atom is -0.293 e. The molecule has 1 fully saturated rings. The summed E-state index contributed by atoms with van der Waals surface area (Å²) in [5, 5.41) is 9.15. The van der Waals surface area contributed by atoms with Crippen LogP contribution in [-0.2, 0) is 5.54 Å². The highest BCUT2D eigenvalue weighted by Crippen LogP contribution is 2.54. The Morgan fingerprint density at radius 1 is 0.477 bits per heavy atom. The van der Waals surface area contributed by atoms with Crippen LogP contribution in [0.4, 0.5) is 0 Å². The van der Waals surface area contributed by atoms with Gasteiger partial charge in [-0.2, -0.15) is 0 Å². The summed E-state index contributed by atoms with van der Waals surface area (Å²) in [7, 11) is 0. The van der Waals surface area contributed by atoms with E-state index in [1.807, 2.05) is 11.3 Å². The number of hydrogen-bond donors (Lipinski definition) is 1. The first kappa shape index (κ1) is 25.5. The molecule has 8 aromatic rings. The van der Waals surface area contributed by atoms with E-state index >= 15 is 0 Å². The van der Waals surface area contributed by atoms with Crippen molar-refractivity contribution < 1.29 is 0 Å². The Balaban J connectivity index is 1.14. The molecule has 0 radical (unpaired) electrons. The molecule has 2 heteroatoms. The van der Waals surface area contributed by atoms with E-state index in [1.54, 1.807) is 0 Å². The Kier molecular flexibility index (Phi) is 5.80. The second-order valence-electron chi connectivity index (χ2n) is 11.8. The fourth-order valence-corrected chi connectivity index (χ4v) is 8.32. The van der Waals surface area contributed by atoms with E-state index in [4.69, 9.17) is 0 Å². The van der Waals surface area contributed by atoms with Gasteiger partial charge in [-0.3, -0.25) is 5.32 Å². The van der Waals surface area contributed by atoms with Crippen molar-refractivity contribution in [3.63, 3.8) is 0 Å². The van der Waals surface area contributed by atoms with Gasteiger partial charge in [-0.1, -0.05) is 140 Å². The maximum atomic E-state index is 3.89. The van der Waals surface area contributed by atoms with E-state index in [2.05, 4.69) is 169 Å². The topological polar surface area (TPSA) is 21.9 Å². The lowest BCUT2D eigenvalue weighted by molar-refractivity contribution is 0.788. The predicted molar refractivity (Wildman–Crippen MR) is 187 cm³/mol. The van der Waals surface area contributed by atoms with Crippen LogP contribution in [-0.4, -0.2) is 0 Å². The van der Waals surface area contributed by atoms with E-state index < -0.39 is 0 Å². The molecule has 7 aromatic carbocycles. The van der Waals surface area contributed by atoms with Gasteiger partial charge in [0.05, 0.1) is 11.6 Å². The predicted octanol–water partition coefficient (Wildman–Crippen LogP) is 11.1. The molecule has 2 heterocycles. The van der Waals surface area contributed by atoms with Gasteiger partial charge >= 0.3 is 0 Å². The van der Waals surface area contributed by atoms with Crippen molar-refractivity contribution >= 4 is 42.3 Å². The quantitative estimate of drug-likeness (QED) is 0.201. The van der Waals surface area contributed by atoms with Crippen molar-refractivity contribution in [1.82, 2.24) is 5.32 Å².